The number of nitrogens with one attached hydrogen (secondary N) is 2. The Kier molecular flexibility index (Phi) is 3.42. The summed E-state index contributed by atoms with van der Waals surface area (Å²) >= 11 is 5.26. The van der Waals surface area contributed by atoms with Gasteiger partial charge in [0, 0.05) is 24.8 Å². The molecule has 2 aromatic heterocycles. The third-order valence-electron chi connectivity index (χ3n) is 2.45. The lowest BCUT2D eigenvalue weighted by Gasteiger charge is -2.09. The third kappa shape index (κ3) is 2.67. The van der Waals surface area contributed by atoms with Gasteiger partial charge in [-0.25, -0.2) is 9.97 Å². The zero-order chi connectivity index (χ0) is 13.8. The average molecular weight is 286 g/mol. The summed E-state index contributed by atoms with van der Waals surface area (Å²) < 4.78 is 11.1. The predicted octanol–water partition coefficient (Wildman–Crippen LogP) is 2.68. The van der Waals surface area contributed by atoms with Crippen LogP contribution in [0.3, 0.4) is 0 Å². The van der Waals surface area contributed by atoms with Crippen LogP contribution in [-0.4, -0.2) is 25.0 Å². The number of hydrogen-bond acceptors (Lipinski definition) is 5. The van der Waals surface area contributed by atoms with Crippen LogP contribution in [0, 0.1) is 0 Å². The van der Waals surface area contributed by atoms with Crippen molar-refractivity contribution in [2.45, 2.75) is 0 Å². The van der Waals surface area contributed by atoms with Crippen LogP contribution in [0.5, 0.6) is 17.8 Å². The van der Waals surface area contributed by atoms with E-state index in [1.165, 1.54) is 0 Å². The van der Waals surface area contributed by atoms with E-state index in [0.29, 0.717) is 23.3 Å². The zero-order valence-electron chi connectivity index (χ0n) is 10.2. The van der Waals surface area contributed by atoms with Crippen LogP contribution < -0.4 is 9.47 Å². The van der Waals surface area contributed by atoms with Crippen LogP contribution >= 0.6 is 12.2 Å². The summed E-state index contributed by atoms with van der Waals surface area (Å²) in [6, 6.07) is 8.01. The highest BCUT2D eigenvalue weighted by Crippen LogP contribution is 2.24. The fraction of sp³-hybridized carbons (Fsp3) is 0. The van der Waals surface area contributed by atoms with Gasteiger partial charge < -0.3 is 19.4 Å². The van der Waals surface area contributed by atoms with E-state index in [2.05, 4.69) is 19.9 Å². The molecule has 0 unspecified atom stereocenters. The Bertz CT molecular complexity index is 695. The van der Waals surface area contributed by atoms with E-state index in [4.69, 9.17) is 21.7 Å². The minimum Gasteiger partial charge on any atom is -0.425 e. The first kappa shape index (κ1) is 12.4. The van der Waals surface area contributed by atoms with E-state index < -0.39 is 0 Å². The van der Waals surface area contributed by atoms with Crippen molar-refractivity contribution in [3.63, 3.8) is 0 Å². The van der Waals surface area contributed by atoms with Crippen molar-refractivity contribution in [3.05, 3.63) is 54.6 Å². The number of para-hydroxylation sites is 1. The van der Waals surface area contributed by atoms with Crippen molar-refractivity contribution in [1.29, 1.82) is 0 Å². The Morgan fingerprint density at radius 1 is 1.00 bits per heavy atom. The molecular formula is C13H10N4O2S. The van der Waals surface area contributed by atoms with Gasteiger partial charge >= 0.3 is 0 Å². The molecule has 0 fully saturated rings. The molecule has 0 bridgehead atoms. The molecule has 3 aromatic rings. The molecule has 0 atom stereocenters. The van der Waals surface area contributed by atoms with E-state index in [0.717, 1.165) is 0 Å². The van der Waals surface area contributed by atoms with E-state index in [9.17, 15) is 0 Å². The molecule has 2 N–H and O–H groups in total. The van der Waals surface area contributed by atoms with Gasteiger partial charge in [0.1, 0.15) is 5.75 Å². The smallest absolute Gasteiger partial charge is 0.299 e. The maximum absolute atomic E-state index is 5.63. The molecule has 0 aliphatic heterocycles. The standard InChI is InChI=1S/C13H10N4O2S/c20-11(19-13-16-7-8-17-13)9-3-1-2-4-10(9)18-12-14-5-6-15-12/h1-8H,(H,14,15)(H,16,17). The molecule has 20 heavy (non-hydrogen) atoms. The van der Waals surface area contributed by atoms with E-state index in [1.54, 1.807) is 30.9 Å². The van der Waals surface area contributed by atoms with Crippen LogP contribution in [0.25, 0.3) is 0 Å². The van der Waals surface area contributed by atoms with Gasteiger partial charge in [-0.15, -0.1) is 0 Å². The number of nitrogens with zero attached hydrogens (tertiary/aromatic N) is 2. The molecular weight excluding hydrogens is 276 g/mol. The minimum atomic E-state index is 0.266. The Balaban J connectivity index is 1.83. The van der Waals surface area contributed by atoms with E-state index >= 15 is 0 Å². The number of aromatic amines is 2. The second-order valence-corrected chi connectivity index (χ2v) is 4.15. The van der Waals surface area contributed by atoms with Crippen molar-refractivity contribution in [3.8, 4) is 17.8 Å². The van der Waals surface area contributed by atoms with Crippen molar-refractivity contribution in [2.24, 2.45) is 0 Å². The van der Waals surface area contributed by atoms with Crippen LogP contribution in [0.4, 0.5) is 0 Å². The summed E-state index contributed by atoms with van der Waals surface area (Å²) in [6.07, 6.45) is 6.53. The Hall–Kier alpha value is -2.67. The molecule has 3 rings (SSSR count). The Morgan fingerprint density at radius 2 is 1.70 bits per heavy atom. The number of rotatable bonds is 4. The molecule has 0 aliphatic rings. The number of ether oxygens (including phenoxy) is 2. The van der Waals surface area contributed by atoms with Crippen molar-refractivity contribution >= 4 is 17.3 Å². The first-order chi connectivity index (χ1) is 9.83. The highest BCUT2D eigenvalue weighted by atomic mass is 32.1. The van der Waals surface area contributed by atoms with E-state index in [1.807, 2.05) is 18.2 Å². The van der Waals surface area contributed by atoms with Gasteiger partial charge in [0.2, 0.25) is 5.05 Å². The molecule has 0 spiro atoms. The summed E-state index contributed by atoms with van der Waals surface area (Å²) in [4.78, 5) is 13.7. The van der Waals surface area contributed by atoms with Gasteiger partial charge in [0.25, 0.3) is 12.0 Å². The molecule has 2 heterocycles. The lowest BCUT2D eigenvalue weighted by Crippen LogP contribution is -2.09. The molecule has 0 aliphatic carbocycles. The second-order valence-electron chi connectivity index (χ2n) is 3.78. The quantitative estimate of drug-likeness (QED) is 0.721. The zero-order valence-corrected chi connectivity index (χ0v) is 11.1. The number of benzene rings is 1. The van der Waals surface area contributed by atoms with Crippen LogP contribution in [-0.2, 0) is 0 Å². The SMILES string of the molecule is S=C(Oc1ncc[nH]1)c1ccccc1Oc1ncc[nH]1. The molecule has 0 saturated heterocycles. The normalized spacial score (nSPS) is 10.2. The summed E-state index contributed by atoms with van der Waals surface area (Å²) in [6.45, 7) is 0. The fourth-order valence-corrected chi connectivity index (χ4v) is 1.83. The van der Waals surface area contributed by atoms with Crippen molar-refractivity contribution in [2.75, 3.05) is 0 Å². The largest absolute Gasteiger partial charge is 0.425 e. The minimum absolute atomic E-state index is 0.266. The first-order valence-corrected chi connectivity index (χ1v) is 6.21. The number of hydrogen-bond donors (Lipinski definition) is 2. The van der Waals surface area contributed by atoms with Crippen LogP contribution in [0.2, 0.25) is 0 Å². The molecule has 100 valence electrons. The monoisotopic (exact) mass is 286 g/mol. The Labute approximate surface area is 119 Å². The van der Waals surface area contributed by atoms with Gasteiger partial charge in [-0.05, 0) is 24.4 Å². The highest BCUT2D eigenvalue weighted by Gasteiger charge is 2.13. The summed E-state index contributed by atoms with van der Waals surface area (Å²) in [5.41, 5.74) is 0.648. The van der Waals surface area contributed by atoms with Gasteiger partial charge in [0.05, 0.1) is 5.56 Å². The molecule has 7 heteroatoms. The number of imidazole rings is 2. The number of thiocarbonyl (C=S) groups is 1. The highest BCUT2D eigenvalue weighted by molar-refractivity contribution is 7.80. The van der Waals surface area contributed by atoms with Crippen molar-refractivity contribution < 1.29 is 9.47 Å². The maximum Gasteiger partial charge on any atom is 0.299 e. The van der Waals surface area contributed by atoms with Crippen molar-refractivity contribution in [1.82, 2.24) is 19.9 Å². The van der Waals surface area contributed by atoms with Gasteiger partial charge in [-0.2, -0.15) is 0 Å². The van der Waals surface area contributed by atoms with Crippen LogP contribution in [0.15, 0.2) is 49.1 Å². The third-order valence-corrected chi connectivity index (χ3v) is 2.75. The number of aromatic nitrogens is 4. The predicted molar refractivity (Wildman–Crippen MR) is 76.0 cm³/mol. The van der Waals surface area contributed by atoms with Gasteiger partial charge in [-0.1, -0.05) is 12.1 Å². The maximum atomic E-state index is 5.63. The molecule has 0 radical (unpaired) electrons. The topological polar surface area (TPSA) is 75.8 Å². The summed E-state index contributed by atoms with van der Waals surface area (Å²) in [7, 11) is 0. The first-order valence-electron chi connectivity index (χ1n) is 5.81. The molecule has 1 aromatic carbocycles. The average Bonchev–Trinajstić information content (AvgIpc) is 3.13. The molecule has 0 amide bonds. The lowest BCUT2D eigenvalue weighted by molar-refractivity contribution is 0.443. The lowest BCUT2D eigenvalue weighted by atomic mass is 10.2. The Morgan fingerprint density at radius 3 is 2.40 bits per heavy atom. The number of H-pyrrole nitrogens is 2. The molecule has 6 nitrogen and oxygen atoms in total. The molecule has 0 saturated carbocycles. The summed E-state index contributed by atoms with van der Waals surface area (Å²) in [5.74, 6) is 0.555. The second kappa shape index (κ2) is 5.54. The summed E-state index contributed by atoms with van der Waals surface area (Å²) in [5, 5.41) is 0.266. The fourth-order valence-electron chi connectivity index (χ4n) is 1.58. The van der Waals surface area contributed by atoms with Gasteiger partial charge in [0.15, 0.2) is 0 Å². The van der Waals surface area contributed by atoms with Crippen LogP contribution in [0.1, 0.15) is 5.56 Å². The van der Waals surface area contributed by atoms with Gasteiger partial charge in [-0.3, -0.25) is 0 Å². The van der Waals surface area contributed by atoms with E-state index in [-0.39, 0.29) is 5.05 Å².